The molecule has 31 heavy (non-hydrogen) atoms. The number of pyridine rings is 3. The molecule has 5 aromatic rings. The number of hydrogen-bond donors (Lipinski definition) is 1. The van der Waals surface area contributed by atoms with Gasteiger partial charge in [0.1, 0.15) is 0 Å². The molecule has 0 aliphatic rings. The van der Waals surface area contributed by atoms with E-state index in [0.29, 0.717) is 33.7 Å². The molecule has 7 heteroatoms. The van der Waals surface area contributed by atoms with Crippen LogP contribution in [0.5, 0.6) is 17.2 Å². The normalized spacial score (nSPS) is 11.2. The highest BCUT2D eigenvalue weighted by molar-refractivity contribution is 6.19. The Morgan fingerprint density at radius 3 is 2.19 bits per heavy atom. The van der Waals surface area contributed by atoms with Crippen molar-refractivity contribution in [3.8, 4) is 28.4 Å². The Kier molecular flexibility index (Phi) is 4.43. The summed E-state index contributed by atoms with van der Waals surface area (Å²) in [6.45, 7) is 0. The molecular formula is C24H19N3O4. The summed E-state index contributed by atoms with van der Waals surface area (Å²) in [6, 6.07) is 13.1. The third kappa shape index (κ3) is 2.85. The maximum Gasteiger partial charge on any atom is 0.257 e. The molecule has 0 bridgehead atoms. The first kappa shape index (κ1) is 18.9. The Morgan fingerprint density at radius 1 is 0.839 bits per heavy atom. The van der Waals surface area contributed by atoms with Gasteiger partial charge in [0.05, 0.1) is 43.3 Å². The molecular weight excluding hydrogens is 394 g/mol. The van der Waals surface area contributed by atoms with E-state index >= 15 is 0 Å². The van der Waals surface area contributed by atoms with E-state index in [1.807, 2.05) is 30.3 Å². The van der Waals surface area contributed by atoms with Gasteiger partial charge in [0.15, 0.2) is 11.5 Å². The van der Waals surface area contributed by atoms with Crippen molar-refractivity contribution in [1.29, 1.82) is 0 Å². The Hall–Kier alpha value is -4.13. The van der Waals surface area contributed by atoms with Gasteiger partial charge in [-0.2, -0.15) is 0 Å². The molecule has 0 aliphatic heterocycles. The second kappa shape index (κ2) is 7.28. The molecule has 0 atom stereocenters. The summed E-state index contributed by atoms with van der Waals surface area (Å²) in [5.41, 5.74) is 3.54. The number of aromatic nitrogens is 3. The van der Waals surface area contributed by atoms with Gasteiger partial charge < -0.3 is 19.2 Å². The van der Waals surface area contributed by atoms with E-state index in [1.54, 1.807) is 45.9 Å². The van der Waals surface area contributed by atoms with Gasteiger partial charge in [0, 0.05) is 23.2 Å². The minimum absolute atomic E-state index is 0.192. The molecule has 0 radical (unpaired) electrons. The zero-order chi connectivity index (χ0) is 21.5. The molecule has 0 saturated heterocycles. The lowest BCUT2D eigenvalue weighted by Gasteiger charge is -2.16. The van der Waals surface area contributed by atoms with Crippen molar-refractivity contribution in [2.75, 3.05) is 21.3 Å². The number of fused-ring (bicyclic) bond motifs is 5. The maximum absolute atomic E-state index is 12.8. The van der Waals surface area contributed by atoms with Crippen LogP contribution in [0.1, 0.15) is 0 Å². The van der Waals surface area contributed by atoms with Crippen LogP contribution < -0.4 is 19.8 Å². The zero-order valence-electron chi connectivity index (χ0n) is 17.2. The lowest BCUT2D eigenvalue weighted by molar-refractivity contribution is 0.324. The number of aromatic amines is 1. The standard InChI is InChI=1S/C24H19N3O4/c1-29-18-10-13(11-19(30-2)23(18)31-3)16-12-17-14(6-4-8-25-17)22-20(16)21-15(24(28)27-22)7-5-9-26-21/h4-12H,1-3H3,(H,27,28). The van der Waals surface area contributed by atoms with Crippen LogP contribution in [0.2, 0.25) is 0 Å². The van der Waals surface area contributed by atoms with Crippen molar-refractivity contribution >= 4 is 32.7 Å². The van der Waals surface area contributed by atoms with E-state index < -0.39 is 0 Å². The Bertz CT molecular complexity index is 1500. The number of benzene rings is 2. The summed E-state index contributed by atoms with van der Waals surface area (Å²) >= 11 is 0. The predicted molar refractivity (Wildman–Crippen MR) is 120 cm³/mol. The van der Waals surface area contributed by atoms with Crippen LogP contribution in [-0.2, 0) is 0 Å². The minimum atomic E-state index is -0.192. The molecule has 0 unspecified atom stereocenters. The molecule has 7 nitrogen and oxygen atoms in total. The van der Waals surface area contributed by atoms with Crippen LogP contribution in [0.3, 0.4) is 0 Å². The van der Waals surface area contributed by atoms with Gasteiger partial charge in [0.25, 0.3) is 5.56 Å². The average Bonchev–Trinajstić information content (AvgIpc) is 2.82. The minimum Gasteiger partial charge on any atom is -0.493 e. The fraction of sp³-hybridized carbons (Fsp3) is 0.125. The van der Waals surface area contributed by atoms with Gasteiger partial charge in [-0.25, -0.2) is 0 Å². The van der Waals surface area contributed by atoms with Crippen molar-refractivity contribution < 1.29 is 14.2 Å². The molecule has 3 heterocycles. The molecule has 5 rings (SSSR count). The van der Waals surface area contributed by atoms with Gasteiger partial charge in [-0.1, -0.05) is 0 Å². The van der Waals surface area contributed by atoms with Crippen LogP contribution >= 0.6 is 0 Å². The molecule has 0 amide bonds. The molecule has 1 N–H and O–H groups in total. The van der Waals surface area contributed by atoms with E-state index in [1.165, 1.54) is 0 Å². The van der Waals surface area contributed by atoms with Crippen LogP contribution in [0.15, 0.2) is 59.7 Å². The molecule has 3 aromatic heterocycles. The third-order valence-electron chi connectivity index (χ3n) is 5.41. The van der Waals surface area contributed by atoms with Gasteiger partial charge in [-0.15, -0.1) is 0 Å². The van der Waals surface area contributed by atoms with Crippen molar-refractivity contribution in [3.63, 3.8) is 0 Å². The van der Waals surface area contributed by atoms with Gasteiger partial charge in [-0.05, 0) is 53.6 Å². The summed E-state index contributed by atoms with van der Waals surface area (Å²) in [5, 5.41) is 2.19. The number of nitrogens with zero attached hydrogens (tertiary/aromatic N) is 2. The van der Waals surface area contributed by atoms with Crippen LogP contribution in [0.4, 0.5) is 0 Å². The lowest BCUT2D eigenvalue weighted by atomic mass is 9.95. The largest absolute Gasteiger partial charge is 0.493 e. The molecule has 154 valence electrons. The van der Waals surface area contributed by atoms with Crippen molar-refractivity contribution in [1.82, 2.24) is 15.0 Å². The van der Waals surface area contributed by atoms with E-state index in [0.717, 1.165) is 27.4 Å². The first-order valence-electron chi connectivity index (χ1n) is 9.65. The number of ether oxygens (including phenoxy) is 3. The van der Waals surface area contributed by atoms with Crippen molar-refractivity contribution in [2.24, 2.45) is 0 Å². The monoisotopic (exact) mass is 413 g/mol. The second-order valence-electron chi connectivity index (χ2n) is 7.01. The smallest absolute Gasteiger partial charge is 0.257 e. The fourth-order valence-corrected chi connectivity index (χ4v) is 4.03. The molecule has 0 fully saturated rings. The number of rotatable bonds is 4. The quantitative estimate of drug-likeness (QED) is 0.442. The first-order valence-corrected chi connectivity index (χ1v) is 9.65. The Labute approximate surface area is 177 Å². The van der Waals surface area contributed by atoms with E-state index in [-0.39, 0.29) is 5.56 Å². The van der Waals surface area contributed by atoms with Crippen LogP contribution in [0, 0.1) is 0 Å². The van der Waals surface area contributed by atoms with Crippen molar-refractivity contribution in [3.05, 3.63) is 65.2 Å². The van der Waals surface area contributed by atoms with Crippen LogP contribution in [-0.4, -0.2) is 36.3 Å². The summed E-state index contributed by atoms with van der Waals surface area (Å²) in [5.74, 6) is 1.58. The topological polar surface area (TPSA) is 86.3 Å². The molecule has 2 aromatic carbocycles. The predicted octanol–water partition coefficient (Wildman–Crippen LogP) is 4.32. The van der Waals surface area contributed by atoms with E-state index in [2.05, 4.69) is 15.0 Å². The average molecular weight is 413 g/mol. The summed E-state index contributed by atoms with van der Waals surface area (Å²) in [7, 11) is 4.72. The van der Waals surface area contributed by atoms with Gasteiger partial charge in [0.2, 0.25) is 5.75 Å². The zero-order valence-corrected chi connectivity index (χ0v) is 17.2. The summed E-state index contributed by atoms with van der Waals surface area (Å²) < 4.78 is 16.6. The van der Waals surface area contributed by atoms with E-state index in [4.69, 9.17) is 14.2 Å². The van der Waals surface area contributed by atoms with Gasteiger partial charge >= 0.3 is 0 Å². The number of H-pyrrole nitrogens is 1. The Morgan fingerprint density at radius 2 is 1.52 bits per heavy atom. The summed E-state index contributed by atoms with van der Waals surface area (Å²) in [6.07, 6.45) is 3.41. The fourth-order valence-electron chi connectivity index (χ4n) is 4.03. The van der Waals surface area contributed by atoms with Crippen molar-refractivity contribution in [2.45, 2.75) is 0 Å². The lowest BCUT2D eigenvalue weighted by Crippen LogP contribution is -2.08. The number of methoxy groups -OCH3 is 3. The highest BCUT2D eigenvalue weighted by atomic mass is 16.5. The Balaban J connectivity index is 2.00. The molecule has 0 spiro atoms. The SMILES string of the molecule is COc1cc(-c2cc3ncccc3c3[nH]c(=O)c4cccnc4c23)cc(OC)c1OC. The highest BCUT2D eigenvalue weighted by Gasteiger charge is 2.19. The van der Waals surface area contributed by atoms with E-state index in [9.17, 15) is 4.79 Å². The number of nitrogens with one attached hydrogen (secondary N) is 1. The van der Waals surface area contributed by atoms with Crippen LogP contribution in [0.25, 0.3) is 43.8 Å². The third-order valence-corrected chi connectivity index (χ3v) is 5.41. The molecule has 0 aliphatic carbocycles. The first-order chi connectivity index (χ1) is 15.2. The maximum atomic E-state index is 12.8. The molecule has 0 saturated carbocycles. The highest BCUT2D eigenvalue weighted by Crippen LogP contribution is 2.44. The second-order valence-corrected chi connectivity index (χ2v) is 7.01. The van der Waals surface area contributed by atoms with Gasteiger partial charge in [-0.3, -0.25) is 14.8 Å². The summed E-state index contributed by atoms with van der Waals surface area (Å²) in [4.78, 5) is 24.9. The number of hydrogen-bond acceptors (Lipinski definition) is 6.